The van der Waals surface area contributed by atoms with Crippen LogP contribution in [0.2, 0.25) is 0 Å². The highest BCUT2D eigenvalue weighted by Gasteiger charge is 2.07. The molecular weight excluding hydrogens is 229 g/mol. The van der Waals surface area contributed by atoms with Crippen LogP contribution in [0, 0.1) is 12.7 Å². The molecule has 0 spiro atoms. The molecular formula is C14H18FN3. The van der Waals surface area contributed by atoms with Crippen molar-refractivity contribution in [2.45, 2.75) is 39.5 Å². The second kappa shape index (κ2) is 5.76. The standard InChI is InChI=1S/C14H18FN3/c1-3-4-5-6-13-16-14(18-17-13)11-7-8-12(15)10(2)9-11/h7-9H,3-6H2,1-2H3,(H,16,17,18). The highest BCUT2D eigenvalue weighted by molar-refractivity contribution is 5.55. The number of hydrogen-bond acceptors (Lipinski definition) is 2. The zero-order chi connectivity index (χ0) is 13.0. The van der Waals surface area contributed by atoms with Crippen LogP contribution < -0.4 is 0 Å². The van der Waals surface area contributed by atoms with Gasteiger partial charge in [0.25, 0.3) is 0 Å². The largest absolute Gasteiger partial charge is 0.263 e. The van der Waals surface area contributed by atoms with Crippen LogP contribution in [0.5, 0.6) is 0 Å². The van der Waals surface area contributed by atoms with Crippen LogP contribution in [0.25, 0.3) is 11.4 Å². The lowest BCUT2D eigenvalue weighted by Crippen LogP contribution is -1.88. The molecule has 1 aromatic carbocycles. The Balaban J connectivity index is 2.11. The van der Waals surface area contributed by atoms with E-state index in [1.165, 1.54) is 18.9 Å². The molecule has 0 saturated carbocycles. The molecule has 0 saturated heterocycles. The lowest BCUT2D eigenvalue weighted by molar-refractivity contribution is 0.618. The average molecular weight is 247 g/mol. The van der Waals surface area contributed by atoms with E-state index in [1.807, 2.05) is 0 Å². The van der Waals surface area contributed by atoms with Crippen molar-refractivity contribution in [3.63, 3.8) is 0 Å². The Morgan fingerprint density at radius 1 is 1.28 bits per heavy atom. The molecule has 18 heavy (non-hydrogen) atoms. The van der Waals surface area contributed by atoms with Gasteiger partial charge in [0.1, 0.15) is 11.6 Å². The zero-order valence-electron chi connectivity index (χ0n) is 10.8. The molecule has 0 aliphatic carbocycles. The Morgan fingerprint density at radius 2 is 2.11 bits per heavy atom. The van der Waals surface area contributed by atoms with Crippen molar-refractivity contribution in [2.75, 3.05) is 0 Å². The molecule has 1 heterocycles. The molecule has 0 atom stereocenters. The van der Waals surface area contributed by atoms with Crippen LogP contribution in [0.15, 0.2) is 18.2 Å². The molecule has 0 unspecified atom stereocenters. The molecule has 4 heteroatoms. The van der Waals surface area contributed by atoms with E-state index in [4.69, 9.17) is 0 Å². The van der Waals surface area contributed by atoms with E-state index < -0.39 is 0 Å². The molecule has 96 valence electrons. The van der Waals surface area contributed by atoms with Crippen molar-refractivity contribution < 1.29 is 4.39 Å². The fourth-order valence-corrected chi connectivity index (χ4v) is 1.86. The average Bonchev–Trinajstić information content (AvgIpc) is 2.82. The van der Waals surface area contributed by atoms with Gasteiger partial charge in [-0.05, 0) is 37.1 Å². The van der Waals surface area contributed by atoms with E-state index in [0.29, 0.717) is 11.4 Å². The van der Waals surface area contributed by atoms with Crippen LogP contribution in [-0.2, 0) is 6.42 Å². The van der Waals surface area contributed by atoms with Crippen molar-refractivity contribution in [3.05, 3.63) is 35.4 Å². The quantitative estimate of drug-likeness (QED) is 0.819. The fourth-order valence-electron chi connectivity index (χ4n) is 1.86. The van der Waals surface area contributed by atoms with E-state index in [0.717, 1.165) is 24.2 Å². The third kappa shape index (κ3) is 2.94. The molecule has 0 radical (unpaired) electrons. The van der Waals surface area contributed by atoms with Crippen molar-refractivity contribution in [1.82, 2.24) is 15.2 Å². The molecule has 1 N–H and O–H groups in total. The number of hydrogen-bond donors (Lipinski definition) is 1. The van der Waals surface area contributed by atoms with Gasteiger partial charge in [0.15, 0.2) is 5.82 Å². The number of aryl methyl sites for hydroxylation is 2. The molecule has 0 aliphatic rings. The first kappa shape index (κ1) is 12.7. The van der Waals surface area contributed by atoms with Gasteiger partial charge in [0, 0.05) is 12.0 Å². The van der Waals surface area contributed by atoms with E-state index in [1.54, 1.807) is 19.1 Å². The summed E-state index contributed by atoms with van der Waals surface area (Å²) in [4.78, 5) is 4.43. The minimum absolute atomic E-state index is 0.197. The van der Waals surface area contributed by atoms with E-state index in [9.17, 15) is 4.39 Å². The summed E-state index contributed by atoms with van der Waals surface area (Å²) in [6, 6.07) is 4.94. The Kier molecular flexibility index (Phi) is 4.07. The molecule has 0 aliphatic heterocycles. The second-order valence-corrected chi connectivity index (χ2v) is 4.53. The van der Waals surface area contributed by atoms with Crippen LogP contribution >= 0.6 is 0 Å². The van der Waals surface area contributed by atoms with Crippen LogP contribution in [0.4, 0.5) is 4.39 Å². The number of aromatic nitrogens is 3. The predicted molar refractivity (Wildman–Crippen MR) is 69.7 cm³/mol. The molecule has 0 fully saturated rings. The van der Waals surface area contributed by atoms with Gasteiger partial charge in [-0.1, -0.05) is 19.8 Å². The van der Waals surface area contributed by atoms with Gasteiger partial charge < -0.3 is 0 Å². The highest BCUT2D eigenvalue weighted by Crippen LogP contribution is 2.18. The van der Waals surface area contributed by atoms with Gasteiger partial charge >= 0.3 is 0 Å². The molecule has 0 bridgehead atoms. The van der Waals surface area contributed by atoms with E-state index in [-0.39, 0.29) is 5.82 Å². The maximum Gasteiger partial charge on any atom is 0.181 e. The van der Waals surface area contributed by atoms with E-state index in [2.05, 4.69) is 22.1 Å². The van der Waals surface area contributed by atoms with Crippen LogP contribution in [-0.4, -0.2) is 15.2 Å². The van der Waals surface area contributed by atoms with Crippen molar-refractivity contribution >= 4 is 0 Å². The summed E-state index contributed by atoms with van der Waals surface area (Å²) in [5.74, 6) is 1.35. The lowest BCUT2D eigenvalue weighted by atomic mass is 10.1. The third-order valence-corrected chi connectivity index (χ3v) is 2.96. The summed E-state index contributed by atoms with van der Waals surface area (Å²) >= 11 is 0. The Bertz CT molecular complexity index is 520. The maximum absolute atomic E-state index is 13.2. The summed E-state index contributed by atoms with van der Waals surface area (Å²) in [5, 5.41) is 7.12. The smallest absolute Gasteiger partial charge is 0.181 e. The first-order chi connectivity index (χ1) is 8.70. The van der Waals surface area contributed by atoms with Crippen molar-refractivity contribution in [2.24, 2.45) is 0 Å². The third-order valence-electron chi connectivity index (χ3n) is 2.96. The lowest BCUT2D eigenvalue weighted by Gasteiger charge is -1.98. The number of nitrogens with one attached hydrogen (secondary N) is 1. The van der Waals surface area contributed by atoms with Gasteiger partial charge in [0.2, 0.25) is 0 Å². The van der Waals surface area contributed by atoms with Gasteiger partial charge in [-0.15, -0.1) is 0 Å². The number of rotatable bonds is 5. The number of H-pyrrole nitrogens is 1. The van der Waals surface area contributed by atoms with Gasteiger partial charge in [-0.3, -0.25) is 5.10 Å². The summed E-state index contributed by atoms with van der Waals surface area (Å²) < 4.78 is 13.2. The Morgan fingerprint density at radius 3 is 2.83 bits per heavy atom. The van der Waals surface area contributed by atoms with Gasteiger partial charge in [-0.25, -0.2) is 9.37 Å². The van der Waals surface area contributed by atoms with Gasteiger partial charge in [-0.2, -0.15) is 5.10 Å². The summed E-state index contributed by atoms with van der Waals surface area (Å²) in [5.41, 5.74) is 1.47. The Hall–Kier alpha value is -1.71. The van der Waals surface area contributed by atoms with E-state index >= 15 is 0 Å². The van der Waals surface area contributed by atoms with Crippen LogP contribution in [0.1, 0.15) is 37.6 Å². The summed E-state index contributed by atoms with van der Waals surface area (Å²) in [6.07, 6.45) is 4.43. The summed E-state index contributed by atoms with van der Waals surface area (Å²) in [7, 11) is 0. The maximum atomic E-state index is 13.2. The van der Waals surface area contributed by atoms with Crippen molar-refractivity contribution in [1.29, 1.82) is 0 Å². The SMILES string of the molecule is CCCCCc1nc(-c2ccc(F)c(C)c2)n[nH]1. The highest BCUT2D eigenvalue weighted by atomic mass is 19.1. The minimum atomic E-state index is -0.197. The summed E-state index contributed by atoms with van der Waals surface area (Å²) in [6.45, 7) is 3.92. The monoisotopic (exact) mass is 247 g/mol. The fraction of sp³-hybridized carbons (Fsp3) is 0.429. The van der Waals surface area contributed by atoms with Crippen LogP contribution in [0.3, 0.4) is 0 Å². The molecule has 1 aromatic heterocycles. The number of nitrogens with zero attached hydrogens (tertiary/aromatic N) is 2. The first-order valence-electron chi connectivity index (χ1n) is 6.38. The zero-order valence-corrected chi connectivity index (χ0v) is 10.8. The molecule has 0 amide bonds. The Labute approximate surface area is 106 Å². The first-order valence-corrected chi connectivity index (χ1v) is 6.38. The molecule has 2 rings (SSSR count). The number of halogens is 1. The normalized spacial score (nSPS) is 10.8. The molecule has 2 aromatic rings. The molecule has 3 nitrogen and oxygen atoms in total. The minimum Gasteiger partial charge on any atom is -0.263 e. The number of unbranched alkanes of at least 4 members (excludes halogenated alkanes) is 2. The van der Waals surface area contributed by atoms with Crippen molar-refractivity contribution in [3.8, 4) is 11.4 Å². The predicted octanol–water partition coefficient (Wildman–Crippen LogP) is 3.65. The number of benzene rings is 1. The topological polar surface area (TPSA) is 41.6 Å². The van der Waals surface area contributed by atoms with Gasteiger partial charge in [0.05, 0.1) is 0 Å². The second-order valence-electron chi connectivity index (χ2n) is 4.53. The number of aromatic amines is 1.